The van der Waals surface area contributed by atoms with Gasteiger partial charge in [0.2, 0.25) is 10.0 Å². The van der Waals surface area contributed by atoms with Crippen LogP contribution in [0.5, 0.6) is 11.5 Å². The molecule has 0 saturated heterocycles. The van der Waals surface area contributed by atoms with Gasteiger partial charge in [-0.1, -0.05) is 57.2 Å². The van der Waals surface area contributed by atoms with Crippen LogP contribution in [-0.2, 0) is 20.9 Å². The minimum Gasteiger partial charge on any atom is -0.492 e. The molecule has 0 radical (unpaired) electrons. The Kier molecular flexibility index (Phi) is 12.3. The zero-order chi connectivity index (χ0) is 35.9. The maximum atomic E-state index is 14.9. The van der Waals surface area contributed by atoms with E-state index in [0.29, 0.717) is 25.1 Å². The van der Waals surface area contributed by atoms with Gasteiger partial charge < -0.3 is 24.2 Å². The predicted molar refractivity (Wildman–Crippen MR) is 205 cm³/mol. The summed E-state index contributed by atoms with van der Waals surface area (Å²) in [7, 11) is -5.88. The highest BCUT2D eigenvalue weighted by Crippen LogP contribution is 2.35. The van der Waals surface area contributed by atoms with E-state index in [1.54, 1.807) is 12.1 Å². The van der Waals surface area contributed by atoms with E-state index in [1.807, 2.05) is 56.3 Å². The largest absolute Gasteiger partial charge is 0.492 e. The number of rotatable bonds is 18. The Balaban J connectivity index is 1.40. The van der Waals surface area contributed by atoms with Crippen LogP contribution < -0.4 is 19.5 Å². The molecule has 0 amide bonds. The quantitative estimate of drug-likeness (QED) is 0.0618. The molecule has 11 heteroatoms. The van der Waals surface area contributed by atoms with Gasteiger partial charge in [-0.25, -0.2) is 12.8 Å². The van der Waals surface area contributed by atoms with Crippen molar-refractivity contribution in [2.24, 2.45) is 0 Å². The Labute approximate surface area is 296 Å². The van der Waals surface area contributed by atoms with E-state index >= 15 is 0 Å². The molecule has 1 heterocycles. The van der Waals surface area contributed by atoms with Gasteiger partial charge in [0.25, 0.3) is 0 Å². The standard InChI is InChI=1S/C39H50FN3O5SSi/c1-7-50(8-2,9-3)48-39(29-15-20-34(40)37(24-29)43-49(6,44)45)38(23-28-13-11-10-12-14-28)41-21-22-46-30-16-18-32-33-19-17-31(47-27(4)5)26-36(33)42-35(32)25-30/h10-20,24-27,38-39,41-43H,7-9,21-23H2,1-6H3. The van der Waals surface area contributed by atoms with Crippen LogP contribution in [0.15, 0.2) is 84.9 Å². The van der Waals surface area contributed by atoms with Crippen molar-refractivity contribution in [3.8, 4) is 11.5 Å². The van der Waals surface area contributed by atoms with E-state index in [1.165, 1.54) is 6.07 Å². The average Bonchev–Trinajstić information content (AvgIpc) is 3.45. The van der Waals surface area contributed by atoms with E-state index in [0.717, 1.165) is 63.3 Å². The van der Waals surface area contributed by atoms with Gasteiger partial charge in [0.1, 0.15) is 23.9 Å². The number of hydrogen-bond acceptors (Lipinski definition) is 6. The minimum atomic E-state index is -3.69. The van der Waals surface area contributed by atoms with Gasteiger partial charge >= 0.3 is 0 Å². The summed E-state index contributed by atoms with van der Waals surface area (Å²) in [6, 6.07) is 29.5. The van der Waals surface area contributed by atoms with Crippen molar-refractivity contribution in [2.75, 3.05) is 24.1 Å². The molecule has 0 aliphatic carbocycles. The third kappa shape index (κ3) is 9.45. The summed E-state index contributed by atoms with van der Waals surface area (Å²) < 4.78 is 60.7. The lowest BCUT2D eigenvalue weighted by atomic mass is 9.95. The molecule has 50 heavy (non-hydrogen) atoms. The number of ether oxygens (including phenoxy) is 2. The molecule has 5 rings (SSSR count). The van der Waals surface area contributed by atoms with E-state index in [-0.39, 0.29) is 17.8 Å². The summed E-state index contributed by atoms with van der Waals surface area (Å²) in [5, 5.41) is 5.95. The van der Waals surface area contributed by atoms with E-state index in [2.05, 4.69) is 60.1 Å². The first kappa shape index (κ1) is 37.4. The number of anilines is 1. The van der Waals surface area contributed by atoms with Crippen LogP contribution in [0.2, 0.25) is 18.1 Å². The third-order valence-corrected chi connectivity index (χ3v) is 14.5. The van der Waals surface area contributed by atoms with E-state index in [4.69, 9.17) is 13.9 Å². The van der Waals surface area contributed by atoms with Gasteiger partial charge in [-0.15, -0.1) is 0 Å². The van der Waals surface area contributed by atoms with Gasteiger partial charge in [0.15, 0.2) is 8.32 Å². The lowest BCUT2D eigenvalue weighted by molar-refractivity contribution is 0.136. The number of halogens is 1. The second-order valence-corrected chi connectivity index (χ2v) is 19.7. The highest BCUT2D eigenvalue weighted by molar-refractivity contribution is 7.92. The molecule has 0 aliphatic rings. The Bertz CT molecular complexity index is 1970. The summed E-state index contributed by atoms with van der Waals surface area (Å²) in [6.45, 7) is 11.5. The molecule has 268 valence electrons. The topological polar surface area (TPSA) is 102 Å². The van der Waals surface area contributed by atoms with Crippen molar-refractivity contribution < 1.29 is 26.7 Å². The van der Waals surface area contributed by atoms with E-state index < -0.39 is 30.3 Å². The summed E-state index contributed by atoms with van der Waals surface area (Å²) >= 11 is 0. The van der Waals surface area contributed by atoms with Gasteiger partial charge in [0.05, 0.1) is 35.2 Å². The molecule has 3 N–H and O–H groups in total. The average molecular weight is 720 g/mol. The third-order valence-electron chi connectivity index (χ3n) is 9.28. The molecule has 4 aromatic carbocycles. The first-order valence-electron chi connectivity index (χ1n) is 17.5. The van der Waals surface area contributed by atoms with E-state index in [9.17, 15) is 12.8 Å². The van der Waals surface area contributed by atoms with Crippen LogP contribution in [0.1, 0.15) is 51.8 Å². The molecule has 0 bridgehead atoms. The fourth-order valence-electron chi connectivity index (χ4n) is 6.52. The van der Waals surface area contributed by atoms with Crippen LogP contribution in [0.4, 0.5) is 10.1 Å². The molecule has 1 aromatic heterocycles. The molecule has 0 spiro atoms. The fourth-order valence-corrected chi connectivity index (χ4v) is 9.92. The summed E-state index contributed by atoms with van der Waals surface area (Å²) in [5.74, 6) is 0.940. The molecule has 2 atom stereocenters. The van der Waals surface area contributed by atoms with Crippen molar-refractivity contribution >= 4 is 45.8 Å². The molecule has 0 aliphatic heterocycles. The molecular weight excluding hydrogens is 670 g/mol. The number of fused-ring (bicyclic) bond motifs is 3. The smallest absolute Gasteiger partial charge is 0.229 e. The predicted octanol–water partition coefficient (Wildman–Crippen LogP) is 8.96. The highest BCUT2D eigenvalue weighted by Gasteiger charge is 2.36. The molecule has 2 unspecified atom stereocenters. The number of sulfonamides is 1. The Morgan fingerprint density at radius 2 is 1.48 bits per heavy atom. The molecule has 8 nitrogen and oxygen atoms in total. The van der Waals surface area contributed by atoms with Gasteiger partial charge in [0, 0.05) is 35.5 Å². The van der Waals surface area contributed by atoms with Crippen LogP contribution in [0.3, 0.4) is 0 Å². The number of aromatic amines is 1. The van der Waals surface area contributed by atoms with Crippen LogP contribution in [0.25, 0.3) is 21.8 Å². The van der Waals surface area contributed by atoms with Crippen molar-refractivity contribution in [1.29, 1.82) is 0 Å². The molecular formula is C39H50FN3O5SSi. The van der Waals surface area contributed by atoms with Gasteiger partial charge in [-0.2, -0.15) is 0 Å². The Morgan fingerprint density at radius 1 is 0.840 bits per heavy atom. The highest BCUT2D eigenvalue weighted by atomic mass is 32.2. The lowest BCUT2D eigenvalue weighted by Gasteiger charge is -2.38. The van der Waals surface area contributed by atoms with Crippen molar-refractivity contribution in [3.05, 3.63) is 102 Å². The van der Waals surface area contributed by atoms with Crippen molar-refractivity contribution in [3.63, 3.8) is 0 Å². The van der Waals surface area contributed by atoms with Crippen LogP contribution in [-0.4, -0.2) is 53.3 Å². The summed E-state index contributed by atoms with van der Waals surface area (Å²) in [4.78, 5) is 3.50. The lowest BCUT2D eigenvalue weighted by Crippen LogP contribution is -2.46. The fraction of sp³-hybridized carbons (Fsp3) is 0.385. The van der Waals surface area contributed by atoms with Gasteiger partial charge in [-0.05, 0) is 85.9 Å². The molecule has 5 aromatic rings. The summed E-state index contributed by atoms with van der Waals surface area (Å²) in [6.07, 6.45) is 1.29. The van der Waals surface area contributed by atoms with Crippen molar-refractivity contribution in [2.45, 2.75) is 77.4 Å². The maximum absolute atomic E-state index is 14.9. The van der Waals surface area contributed by atoms with Crippen molar-refractivity contribution in [1.82, 2.24) is 10.3 Å². The SMILES string of the molecule is CC[Si](CC)(CC)OC(c1ccc(F)c(NS(C)(=O)=O)c1)C(Cc1ccccc1)NCCOc1ccc2c(c1)[nH]c1cc(OC(C)C)ccc12. The molecule has 0 saturated carbocycles. The van der Waals surface area contributed by atoms with Gasteiger partial charge in [-0.3, -0.25) is 4.72 Å². The minimum absolute atomic E-state index is 0.0896. The number of hydrogen-bond donors (Lipinski definition) is 3. The van der Waals surface area contributed by atoms with Crippen LogP contribution >= 0.6 is 0 Å². The summed E-state index contributed by atoms with van der Waals surface area (Å²) in [5.41, 5.74) is 3.74. The first-order valence-corrected chi connectivity index (χ1v) is 21.9. The Hall–Kier alpha value is -3.90. The Morgan fingerprint density at radius 3 is 2.10 bits per heavy atom. The zero-order valence-corrected chi connectivity index (χ0v) is 31.7. The number of aromatic nitrogens is 1. The first-order chi connectivity index (χ1) is 23.9. The maximum Gasteiger partial charge on any atom is 0.229 e. The number of nitrogens with one attached hydrogen (secondary N) is 3. The number of H-pyrrole nitrogens is 1. The normalized spacial score (nSPS) is 13.5. The number of benzene rings is 4. The zero-order valence-electron chi connectivity index (χ0n) is 29.9. The molecule has 0 fully saturated rings. The second-order valence-electron chi connectivity index (χ2n) is 13.2. The second kappa shape index (κ2) is 16.4. The van der Waals surface area contributed by atoms with Crippen LogP contribution in [0, 0.1) is 5.82 Å². The monoisotopic (exact) mass is 719 g/mol.